The Hall–Kier alpha value is -1.71. The second-order valence-corrected chi connectivity index (χ2v) is 4.94. The van der Waals surface area contributed by atoms with Crippen LogP contribution in [0.1, 0.15) is 49.9 Å². The molecule has 0 aliphatic rings. The molecule has 0 bridgehead atoms. The number of carbonyl (C=O) groups is 1. The van der Waals surface area contributed by atoms with Crippen molar-refractivity contribution in [2.24, 2.45) is 5.92 Å². The third-order valence-electron chi connectivity index (χ3n) is 3.50. The maximum Gasteiger partial charge on any atom is 0.340 e. The van der Waals surface area contributed by atoms with Gasteiger partial charge in [-0.15, -0.1) is 0 Å². The molecule has 0 spiro atoms. The minimum absolute atomic E-state index is 0.335. The number of unbranched alkanes of at least 4 members (excludes halogenated alkanes) is 1. The Morgan fingerprint density at radius 2 is 2.10 bits per heavy atom. The lowest BCUT2D eigenvalue weighted by Gasteiger charge is -2.15. The number of benzene rings is 1. The Labute approximate surface area is 121 Å². The topological polar surface area (TPSA) is 61.5 Å². The van der Waals surface area contributed by atoms with Crippen LogP contribution >= 0.6 is 0 Å². The van der Waals surface area contributed by atoms with E-state index in [1.807, 2.05) is 0 Å². The molecular weight excluding hydrogens is 254 g/mol. The first kappa shape index (κ1) is 16.3. The van der Waals surface area contributed by atoms with E-state index in [1.165, 1.54) is 7.11 Å². The van der Waals surface area contributed by atoms with Crippen LogP contribution < -0.4 is 10.5 Å². The predicted octanol–water partition coefficient (Wildman–Crippen LogP) is 3.65. The summed E-state index contributed by atoms with van der Waals surface area (Å²) >= 11 is 0. The minimum Gasteiger partial charge on any atom is -0.495 e. The van der Waals surface area contributed by atoms with E-state index in [-0.39, 0.29) is 5.97 Å². The van der Waals surface area contributed by atoms with Gasteiger partial charge in [0, 0.05) is 0 Å². The van der Waals surface area contributed by atoms with E-state index in [0.717, 1.165) is 25.7 Å². The van der Waals surface area contributed by atoms with E-state index in [1.54, 1.807) is 18.2 Å². The number of methoxy groups -OCH3 is 1. The summed E-state index contributed by atoms with van der Waals surface area (Å²) in [6.45, 7) is 4.73. The van der Waals surface area contributed by atoms with Crippen molar-refractivity contribution in [3.8, 4) is 5.75 Å². The van der Waals surface area contributed by atoms with Gasteiger partial charge in [0.1, 0.15) is 5.75 Å². The first-order chi connectivity index (χ1) is 9.63. The summed E-state index contributed by atoms with van der Waals surface area (Å²) in [7, 11) is 1.53. The van der Waals surface area contributed by atoms with Gasteiger partial charge in [0.05, 0.1) is 25.0 Å². The largest absolute Gasteiger partial charge is 0.495 e. The number of carbonyl (C=O) groups excluding carboxylic acids is 1. The number of hydrogen-bond acceptors (Lipinski definition) is 4. The number of nitrogen functional groups attached to an aromatic ring is 1. The van der Waals surface area contributed by atoms with Gasteiger partial charge in [0.25, 0.3) is 0 Å². The molecule has 0 saturated heterocycles. The molecule has 2 N–H and O–H groups in total. The molecule has 1 atom stereocenters. The lowest BCUT2D eigenvalue weighted by Crippen LogP contribution is -2.15. The van der Waals surface area contributed by atoms with Gasteiger partial charge in [-0.3, -0.25) is 0 Å². The quantitative estimate of drug-likeness (QED) is 0.583. The normalized spacial score (nSPS) is 11.9. The van der Waals surface area contributed by atoms with E-state index >= 15 is 0 Å². The molecule has 0 fully saturated rings. The fourth-order valence-corrected chi connectivity index (χ4v) is 2.07. The van der Waals surface area contributed by atoms with Gasteiger partial charge in [-0.05, 0) is 24.5 Å². The Kier molecular flexibility index (Phi) is 6.91. The number of nitrogens with two attached hydrogens (primary N) is 1. The summed E-state index contributed by atoms with van der Waals surface area (Å²) in [5, 5.41) is 0. The molecule has 0 amide bonds. The summed E-state index contributed by atoms with van der Waals surface area (Å²) < 4.78 is 10.5. The van der Waals surface area contributed by atoms with Gasteiger partial charge >= 0.3 is 5.97 Å². The summed E-state index contributed by atoms with van der Waals surface area (Å²) in [5.74, 6) is 0.541. The van der Waals surface area contributed by atoms with E-state index in [9.17, 15) is 4.79 Å². The molecule has 0 radical (unpaired) electrons. The zero-order chi connectivity index (χ0) is 15.0. The highest BCUT2D eigenvalue weighted by molar-refractivity contribution is 5.96. The van der Waals surface area contributed by atoms with Gasteiger partial charge in [-0.25, -0.2) is 4.79 Å². The summed E-state index contributed by atoms with van der Waals surface area (Å²) in [5.41, 5.74) is 6.59. The lowest BCUT2D eigenvalue weighted by molar-refractivity contribution is 0.0429. The number of anilines is 1. The average molecular weight is 279 g/mol. The SMILES string of the molecule is CCCCC(CC)COC(=O)c1cccc(OC)c1N. The van der Waals surface area contributed by atoms with Crippen LogP contribution in [0.5, 0.6) is 5.75 Å². The van der Waals surface area contributed by atoms with Crippen molar-refractivity contribution < 1.29 is 14.3 Å². The third kappa shape index (κ3) is 4.44. The van der Waals surface area contributed by atoms with E-state index in [4.69, 9.17) is 15.2 Å². The molecule has 1 unspecified atom stereocenters. The Morgan fingerprint density at radius 3 is 2.70 bits per heavy atom. The van der Waals surface area contributed by atoms with Crippen LogP contribution in [0.4, 0.5) is 5.69 Å². The fourth-order valence-electron chi connectivity index (χ4n) is 2.07. The molecule has 0 aliphatic heterocycles. The highest BCUT2D eigenvalue weighted by atomic mass is 16.5. The zero-order valence-electron chi connectivity index (χ0n) is 12.6. The van der Waals surface area contributed by atoms with Crippen molar-refractivity contribution in [2.75, 3.05) is 19.5 Å². The predicted molar refractivity (Wildman–Crippen MR) is 81.0 cm³/mol. The van der Waals surface area contributed by atoms with E-state index < -0.39 is 0 Å². The Bertz CT molecular complexity index is 432. The number of esters is 1. The molecule has 4 heteroatoms. The molecule has 4 nitrogen and oxygen atoms in total. The first-order valence-corrected chi connectivity index (χ1v) is 7.23. The van der Waals surface area contributed by atoms with Crippen molar-refractivity contribution in [1.82, 2.24) is 0 Å². The number of hydrogen-bond donors (Lipinski definition) is 1. The van der Waals surface area contributed by atoms with Crippen molar-refractivity contribution >= 4 is 11.7 Å². The average Bonchev–Trinajstić information content (AvgIpc) is 2.47. The molecule has 0 saturated carbocycles. The van der Waals surface area contributed by atoms with E-state index in [2.05, 4.69) is 13.8 Å². The second kappa shape index (κ2) is 8.46. The summed E-state index contributed by atoms with van der Waals surface area (Å²) in [4.78, 5) is 12.1. The second-order valence-electron chi connectivity index (χ2n) is 4.94. The Morgan fingerprint density at radius 1 is 1.35 bits per heavy atom. The first-order valence-electron chi connectivity index (χ1n) is 7.23. The lowest BCUT2D eigenvalue weighted by atomic mass is 10.0. The van der Waals surface area contributed by atoms with Gasteiger partial charge in [0.15, 0.2) is 0 Å². The molecule has 112 valence electrons. The molecular formula is C16H25NO3. The minimum atomic E-state index is -0.378. The van der Waals surface area contributed by atoms with Gasteiger partial charge in [-0.2, -0.15) is 0 Å². The van der Waals surface area contributed by atoms with Gasteiger partial charge in [-0.1, -0.05) is 39.2 Å². The van der Waals surface area contributed by atoms with Crippen molar-refractivity contribution in [3.63, 3.8) is 0 Å². The van der Waals surface area contributed by atoms with Crippen LogP contribution in [-0.4, -0.2) is 19.7 Å². The van der Waals surface area contributed by atoms with Crippen molar-refractivity contribution in [2.45, 2.75) is 39.5 Å². The van der Waals surface area contributed by atoms with Crippen LogP contribution in [0.15, 0.2) is 18.2 Å². The third-order valence-corrected chi connectivity index (χ3v) is 3.50. The Balaban J connectivity index is 2.62. The van der Waals surface area contributed by atoms with Crippen LogP contribution in [0.3, 0.4) is 0 Å². The smallest absolute Gasteiger partial charge is 0.340 e. The molecule has 0 aliphatic carbocycles. The molecule has 0 heterocycles. The monoisotopic (exact) mass is 279 g/mol. The molecule has 1 aromatic carbocycles. The van der Waals surface area contributed by atoms with E-state index in [0.29, 0.717) is 29.5 Å². The van der Waals surface area contributed by atoms with Crippen LogP contribution in [0.25, 0.3) is 0 Å². The number of ether oxygens (including phenoxy) is 2. The summed E-state index contributed by atoms with van der Waals surface area (Å²) in [6.07, 6.45) is 4.43. The van der Waals surface area contributed by atoms with Gasteiger partial charge < -0.3 is 15.2 Å². The highest BCUT2D eigenvalue weighted by Gasteiger charge is 2.16. The number of rotatable bonds is 8. The standard InChI is InChI=1S/C16H25NO3/c1-4-6-8-12(5-2)11-20-16(18)13-9-7-10-14(19-3)15(13)17/h7,9-10,12H,4-6,8,11,17H2,1-3H3. The maximum absolute atomic E-state index is 12.1. The van der Waals surface area contributed by atoms with Crippen LogP contribution in [-0.2, 0) is 4.74 Å². The highest BCUT2D eigenvalue weighted by Crippen LogP contribution is 2.25. The molecule has 1 aromatic rings. The van der Waals surface area contributed by atoms with Crippen LogP contribution in [0.2, 0.25) is 0 Å². The fraction of sp³-hybridized carbons (Fsp3) is 0.562. The maximum atomic E-state index is 12.1. The zero-order valence-corrected chi connectivity index (χ0v) is 12.6. The van der Waals surface area contributed by atoms with Gasteiger partial charge in [0.2, 0.25) is 0 Å². The molecule has 0 aromatic heterocycles. The molecule has 20 heavy (non-hydrogen) atoms. The van der Waals surface area contributed by atoms with Crippen LogP contribution in [0, 0.1) is 5.92 Å². The molecule has 1 rings (SSSR count). The number of para-hydroxylation sites is 1. The van der Waals surface area contributed by atoms with Crippen molar-refractivity contribution in [3.05, 3.63) is 23.8 Å². The summed E-state index contributed by atoms with van der Waals surface area (Å²) in [6, 6.07) is 5.12. The van der Waals surface area contributed by atoms with Crippen molar-refractivity contribution in [1.29, 1.82) is 0 Å².